The molecule has 31 heavy (non-hydrogen) atoms. The van der Waals surface area contributed by atoms with Gasteiger partial charge in [0.25, 0.3) is 11.5 Å². The summed E-state index contributed by atoms with van der Waals surface area (Å²) >= 11 is 0. The number of carbonyl (C=O) groups excluding carboxylic acids is 1. The number of benzene rings is 1. The van der Waals surface area contributed by atoms with Crippen molar-refractivity contribution in [3.8, 4) is 23.0 Å². The van der Waals surface area contributed by atoms with E-state index in [2.05, 4.69) is 20.6 Å². The zero-order valence-corrected chi connectivity index (χ0v) is 17.0. The first-order valence-corrected chi connectivity index (χ1v) is 9.50. The first-order valence-electron chi connectivity index (χ1n) is 9.50. The number of nitrogens with one attached hydrogen (secondary N) is 1. The summed E-state index contributed by atoms with van der Waals surface area (Å²) in [4.78, 5) is 24.2. The standard InChI is InChI=1S/C21H20N6O4/c1-26-11-4-7-16(21(26)29)20(28)22-10-12-31-18-9-8-17-23-24-19(27(17)25-18)14-5-3-6-15(13-14)30-2/h3-9,11,13H,10,12H2,1-2H3,(H,22,28). The predicted octanol–water partition coefficient (Wildman–Crippen LogP) is 1.31. The molecule has 1 amide bonds. The van der Waals surface area contributed by atoms with Gasteiger partial charge in [0.1, 0.15) is 17.9 Å². The second-order valence-corrected chi connectivity index (χ2v) is 6.64. The normalized spacial score (nSPS) is 10.8. The number of methoxy groups -OCH3 is 1. The maximum Gasteiger partial charge on any atom is 0.263 e. The molecule has 0 aliphatic rings. The van der Waals surface area contributed by atoms with E-state index in [4.69, 9.17) is 9.47 Å². The highest BCUT2D eigenvalue weighted by Crippen LogP contribution is 2.23. The molecule has 3 heterocycles. The van der Waals surface area contributed by atoms with E-state index in [0.717, 1.165) is 5.56 Å². The summed E-state index contributed by atoms with van der Waals surface area (Å²) in [7, 11) is 3.19. The molecular formula is C21H20N6O4. The van der Waals surface area contributed by atoms with Crippen LogP contribution in [0.25, 0.3) is 17.0 Å². The quantitative estimate of drug-likeness (QED) is 0.449. The molecule has 10 nitrogen and oxygen atoms in total. The molecule has 0 atom stereocenters. The molecular weight excluding hydrogens is 400 g/mol. The minimum Gasteiger partial charge on any atom is -0.497 e. The number of hydrogen-bond donors (Lipinski definition) is 1. The average Bonchev–Trinajstić information content (AvgIpc) is 3.22. The van der Waals surface area contributed by atoms with E-state index >= 15 is 0 Å². The van der Waals surface area contributed by atoms with Crippen molar-refractivity contribution in [3.05, 3.63) is 70.6 Å². The summed E-state index contributed by atoms with van der Waals surface area (Å²) in [6.07, 6.45) is 1.59. The lowest BCUT2D eigenvalue weighted by Crippen LogP contribution is -2.34. The summed E-state index contributed by atoms with van der Waals surface area (Å²) in [5.41, 5.74) is 1.09. The lowest BCUT2D eigenvalue weighted by molar-refractivity contribution is 0.0944. The number of rotatable bonds is 7. The number of ether oxygens (including phenoxy) is 2. The molecule has 1 N–H and O–H groups in total. The van der Waals surface area contributed by atoms with Crippen LogP contribution in [0.15, 0.2) is 59.5 Å². The molecule has 4 aromatic rings. The van der Waals surface area contributed by atoms with Crippen molar-refractivity contribution < 1.29 is 14.3 Å². The van der Waals surface area contributed by atoms with Crippen LogP contribution >= 0.6 is 0 Å². The van der Waals surface area contributed by atoms with Gasteiger partial charge in [-0.1, -0.05) is 12.1 Å². The Morgan fingerprint density at radius 2 is 2.00 bits per heavy atom. The summed E-state index contributed by atoms with van der Waals surface area (Å²) in [5.74, 6) is 1.15. The number of aryl methyl sites for hydroxylation is 1. The summed E-state index contributed by atoms with van der Waals surface area (Å²) in [6.45, 7) is 0.384. The van der Waals surface area contributed by atoms with Crippen LogP contribution in [0.1, 0.15) is 10.4 Å². The second-order valence-electron chi connectivity index (χ2n) is 6.64. The third-order valence-corrected chi connectivity index (χ3v) is 4.57. The molecule has 3 aromatic heterocycles. The van der Waals surface area contributed by atoms with Gasteiger partial charge in [-0.05, 0) is 30.3 Å². The molecule has 0 aliphatic heterocycles. The van der Waals surface area contributed by atoms with Crippen molar-refractivity contribution in [3.63, 3.8) is 0 Å². The van der Waals surface area contributed by atoms with Gasteiger partial charge in [-0.2, -0.15) is 4.52 Å². The molecule has 0 spiro atoms. The molecule has 158 valence electrons. The maximum atomic E-state index is 12.2. The zero-order chi connectivity index (χ0) is 21.8. The number of fused-ring (bicyclic) bond motifs is 1. The van der Waals surface area contributed by atoms with Gasteiger partial charge in [0.15, 0.2) is 11.5 Å². The van der Waals surface area contributed by atoms with Crippen molar-refractivity contribution in [2.24, 2.45) is 7.05 Å². The van der Waals surface area contributed by atoms with Crippen LogP contribution in [0.2, 0.25) is 0 Å². The number of aromatic nitrogens is 5. The molecule has 0 saturated heterocycles. The Morgan fingerprint density at radius 3 is 2.84 bits per heavy atom. The summed E-state index contributed by atoms with van der Waals surface area (Å²) in [5, 5.41) is 15.4. The lowest BCUT2D eigenvalue weighted by atomic mass is 10.2. The Labute approximate surface area is 177 Å². The SMILES string of the molecule is COc1cccc(-c2nnc3ccc(OCCNC(=O)c4cccn(C)c4=O)nn23)c1. The first-order chi connectivity index (χ1) is 15.1. The van der Waals surface area contributed by atoms with E-state index in [-0.39, 0.29) is 24.3 Å². The number of amides is 1. The maximum absolute atomic E-state index is 12.2. The third-order valence-electron chi connectivity index (χ3n) is 4.57. The highest BCUT2D eigenvalue weighted by atomic mass is 16.5. The summed E-state index contributed by atoms with van der Waals surface area (Å²) < 4.78 is 13.8. The third kappa shape index (κ3) is 4.22. The molecule has 0 fully saturated rings. The van der Waals surface area contributed by atoms with Crippen LogP contribution in [-0.2, 0) is 7.05 Å². The number of pyridine rings is 1. The smallest absolute Gasteiger partial charge is 0.263 e. The van der Waals surface area contributed by atoms with Gasteiger partial charge in [0.05, 0.1) is 13.7 Å². The van der Waals surface area contributed by atoms with Crippen molar-refractivity contribution in [2.45, 2.75) is 0 Å². The second kappa shape index (κ2) is 8.66. The Morgan fingerprint density at radius 1 is 1.13 bits per heavy atom. The van der Waals surface area contributed by atoms with Crippen molar-refractivity contribution in [2.75, 3.05) is 20.3 Å². The minimum absolute atomic E-state index is 0.0805. The van der Waals surface area contributed by atoms with Crippen molar-refractivity contribution in [1.82, 2.24) is 29.7 Å². The largest absolute Gasteiger partial charge is 0.497 e. The van der Waals surface area contributed by atoms with Gasteiger partial charge in [-0.15, -0.1) is 15.3 Å². The molecule has 0 aliphatic carbocycles. The van der Waals surface area contributed by atoms with E-state index < -0.39 is 5.91 Å². The molecule has 0 saturated carbocycles. The Kier molecular flexibility index (Phi) is 5.61. The minimum atomic E-state index is -0.452. The molecule has 0 unspecified atom stereocenters. The monoisotopic (exact) mass is 420 g/mol. The van der Waals surface area contributed by atoms with E-state index in [9.17, 15) is 9.59 Å². The van der Waals surface area contributed by atoms with Crippen LogP contribution in [0.4, 0.5) is 0 Å². The number of carbonyl (C=O) groups is 1. The van der Waals surface area contributed by atoms with Crippen LogP contribution in [0.5, 0.6) is 11.6 Å². The fourth-order valence-electron chi connectivity index (χ4n) is 2.98. The van der Waals surface area contributed by atoms with Crippen molar-refractivity contribution >= 4 is 11.6 Å². The lowest BCUT2D eigenvalue weighted by Gasteiger charge is -2.08. The highest BCUT2D eigenvalue weighted by Gasteiger charge is 2.12. The summed E-state index contributed by atoms with van der Waals surface area (Å²) in [6, 6.07) is 14.0. The average molecular weight is 420 g/mol. The molecule has 1 aromatic carbocycles. The van der Waals surface area contributed by atoms with Gasteiger partial charge in [-0.3, -0.25) is 9.59 Å². The topological polar surface area (TPSA) is 113 Å². The zero-order valence-electron chi connectivity index (χ0n) is 17.0. The van der Waals surface area contributed by atoms with E-state index in [1.54, 1.807) is 43.1 Å². The Balaban J connectivity index is 1.43. The van der Waals surface area contributed by atoms with E-state index in [1.165, 1.54) is 10.6 Å². The predicted molar refractivity (Wildman–Crippen MR) is 112 cm³/mol. The molecule has 0 bridgehead atoms. The van der Waals surface area contributed by atoms with Gasteiger partial charge in [0, 0.05) is 24.9 Å². The van der Waals surface area contributed by atoms with Crippen LogP contribution < -0.4 is 20.3 Å². The number of hydrogen-bond acceptors (Lipinski definition) is 7. The van der Waals surface area contributed by atoms with Crippen LogP contribution in [0.3, 0.4) is 0 Å². The van der Waals surface area contributed by atoms with Gasteiger partial charge >= 0.3 is 0 Å². The Hall–Kier alpha value is -4.21. The molecule has 0 radical (unpaired) electrons. The fourth-order valence-corrected chi connectivity index (χ4v) is 2.98. The van der Waals surface area contributed by atoms with E-state index in [1.807, 2.05) is 24.3 Å². The van der Waals surface area contributed by atoms with Gasteiger partial charge < -0.3 is 19.4 Å². The van der Waals surface area contributed by atoms with Crippen molar-refractivity contribution in [1.29, 1.82) is 0 Å². The van der Waals surface area contributed by atoms with Crippen LogP contribution in [0, 0.1) is 0 Å². The van der Waals surface area contributed by atoms with Gasteiger partial charge in [0.2, 0.25) is 5.88 Å². The van der Waals surface area contributed by atoms with Gasteiger partial charge in [-0.25, -0.2) is 0 Å². The van der Waals surface area contributed by atoms with Crippen LogP contribution in [-0.4, -0.2) is 50.5 Å². The molecule has 4 rings (SSSR count). The first kappa shape index (κ1) is 20.1. The number of nitrogens with zero attached hydrogens (tertiary/aromatic N) is 5. The Bertz CT molecular complexity index is 1300. The van der Waals surface area contributed by atoms with E-state index in [0.29, 0.717) is 23.1 Å². The molecule has 10 heteroatoms. The highest BCUT2D eigenvalue weighted by molar-refractivity contribution is 5.93. The fraction of sp³-hybridized carbons (Fsp3) is 0.190.